The Bertz CT molecular complexity index is 941. The van der Waals surface area contributed by atoms with Gasteiger partial charge in [-0.05, 0) is 43.7 Å². The zero-order valence-corrected chi connectivity index (χ0v) is 14.9. The van der Waals surface area contributed by atoms with E-state index in [1.54, 1.807) is 13.2 Å². The summed E-state index contributed by atoms with van der Waals surface area (Å²) in [7, 11) is 1.61. The Morgan fingerprint density at radius 2 is 1.81 bits per heavy atom. The number of ether oxygens (including phenoxy) is 1. The number of nitrogens with one attached hydrogen (secondary N) is 2. The van der Waals surface area contributed by atoms with Crippen molar-refractivity contribution in [3.63, 3.8) is 0 Å². The van der Waals surface area contributed by atoms with Gasteiger partial charge < -0.3 is 15.4 Å². The van der Waals surface area contributed by atoms with Crippen molar-refractivity contribution in [3.05, 3.63) is 71.5 Å². The molecule has 0 aliphatic heterocycles. The van der Waals surface area contributed by atoms with E-state index < -0.39 is 0 Å². The fourth-order valence-electron chi connectivity index (χ4n) is 2.47. The average Bonchev–Trinajstić information content (AvgIpc) is 2.63. The van der Waals surface area contributed by atoms with Gasteiger partial charge in [-0.3, -0.25) is 4.79 Å². The minimum atomic E-state index is -0.279. The van der Waals surface area contributed by atoms with Gasteiger partial charge in [-0.2, -0.15) is 0 Å². The average molecular weight is 348 g/mol. The number of carbonyl (C=O) groups is 1. The Labute approximate surface area is 152 Å². The number of amides is 1. The Kier molecular flexibility index (Phi) is 5.12. The van der Waals surface area contributed by atoms with E-state index >= 15 is 0 Å². The third kappa shape index (κ3) is 4.16. The molecule has 0 bridgehead atoms. The summed E-state index contributed by atoms with van der Waals surface area (Å²) in [4.78, 5) is 21.3. The van der Waals surface area contributed by atoms with Gasteiger partial charge in [0.15, 0.2) is 0 Å². The van der Waals surface area contributed by atoms with Crippen molar-refractivity contribution in [1.82, 2.24) is 9.97 Å². The number of rotatable bonds is 5. The highest BCUT2D eigenvalue weighted by atomic mass is 16.5. The van der Waals surface area contributed by atoms with Crippen LogP contribution in [0.5, 0.6) is 5.75 Å². The number of aromatic nitrogens is 2. The molecule has 0 saturated heterocycles. The molecule has 0 fully saturated rings. The first-order valence-corrected chi connectivity index (χ1v) is 8.19. The lowest BCUT2D eigenvalue weighted by Gasteiger charge is -2.10. The maximum absolute atomic E-state index is 12.6. The predicted octanol–water partition coefficient (Wildman–Crippen LogP) is 4.10. The van der Waals surface area contributed by atoms with E-state index in [0.29, 0.717) is 17.3 Å². The third-order valence-corrected chi connectivity index (χ3v) is 3.81. The van der Waals surface area contributed by atoms with Gasteiger partial charge in [0, 0.05) is 23.1 Å². The van der Waals surface area contributed by atoms with E-state index in [1.165, 1.54) is 0 Å². The summed E-state index contributed by atoms with van der Waals surface area (Å²) in [5, 5.41) is 5.99. The normalized spacial score (nSPS) is 10.3. The number of anilines is 3. The first-order chi connectivity index (χ1) is 12.5. The number of carbonyl (C=O) groups excluding carboxylic acids is 1. The molecule has 1 heterocycles. The van der Waals surface area contributed by atoms with Crippen LogP contribution in [0.25, 0.3) is 0 Å². The van der Waals surface area contributed by atoms with Gasteiger partial charge in [0.25, 0.3) is 5.91 Å². The molecule has 0 radical (unpaired) electrons. The van der Waals surface area contributed by atoms with Crippen molar-refractivity contribution < 1.29 is 9.53 Å². The lowest BCUT2D eigenvalue weighted by atomic mass is 10.2. The van der Waals surface area contributed by atoms with E-state index in [2.05, 4.69) is 20.6 Å². The summed E-state index contributed by atoms with van der Waals surface area (Å²) >= 11 is 0. The first-order valence-electron chi connectivity index (χ1n) is 8.19. The minimum absolute atomic E-state index is 0.279. The molecule has 0 spiro atoms. The smallest absolute Gasteiger partial charge is 0.274 e. The van der Waals surface area contributed by atoms with Crippen LogP contribution in [-0.4, -0.2) is 23.0 Å². The fraction of sp³-hybridized carbons (Fsp3) is 0.150. The molecule has 26 heavy (non-hydrogen) atoms. The molecule has 2 N–H and O–H groups in total. The number of aryl methyl sites for hydroxylation is 2. The van der Waals surface area contributed by atoms with Crippen molar-refractivity contribution in [1.29, 1.82) is 0 Å². The van der Waals surface area contributed by atoms with Gasteiger partial charge in [-0.1, -0.05) is 24.3 Å². The fourth-order valence-corrected chi connectivity index (χ4v) is 2.47. The number of benzene rings is 2. The molecule has 0 aliphatic rings. The number of hydrogen-bond acceptors (Lipinski definition) is 5. The molecular weight excluding hydrogens is 328 g/mol. The van der Waals surface area contributed by atoms with Crippen molar-refractivity contribution in [2.45, 2.75) is 13.8 Å². The molecule has 3 aromatic rings. The number of methoxy groups -OCH3 is 1. The first kappa shape index (κ1) is 17.4. The second-order valence-corrected chi connectivity index (χ2v) is 5.84. The second-order valence-electron chi connectivity index (χ2n) is 5.84. The van der Waals surface area contributed by atoms with E-state index in [1.807, 2.05) is 62.4 Å². The van der Waals surface area contributed by atoms with Gasteiger partial charge >= 0.3 is 0 Å². The summed E-state index contributed by atoms with van der Waals surface area (Å²) in [5.41, 5.74) is 3.52. The lowest BCUT2D eigenvalue weighted by molar-refractivity contribution is 0.102. The van der Waals surface area contributed by atoms with E-state index in [4.69, 9.17) is 4.74 Å². The van der Waals surface area contributed by atoms with Crippen LogP contribution in [0.1, 0.15) is 21.7 Å². The van der Waals surface area contributed by atoms with Crippen LogP contribution < -0.4 is 15.4 Å². The van der Waals surface area contributed by atoms with E-state index in [9.17, 15) is 4.79 Å². The summed E-state index contributed by atoms with van der Waals surface area (Å²) in [6.07, 6.45) is 0. The third-order valence-electron chi connectivity index (χ3n) is 3.81. The SMILES string of the molecule is COc1cccc(Nc2nc(C)cc(C(=O)Nc3ccccc3C)n2)c1. The lowest BCUT2D eigenvalue weighted by Crippen LogP contribution is -2.16. The molecule has 3 rings (SSSR count). The molecule has 1 aromatic heterocycles. The van der Waals surface area contributed by atoms with Crippen molar-refractivity contribution >= 4 is 23.2 Å². The quantitative estimate of drug-likeness (QED) is 0.726. The molecule has 1 amide bonds. The van der Waals surface area contributed by atoms with Gasteiger partial charge in [0.2, 0.25) is 5.95 Å². The Balaban J connectivity index is 1.83. The van der Waals surface area contributed by atoms with Crippen molar-refractivity contribution in [3.8, 4) is 5.75 Å². The maximum Gasteiger partial charge on any atom is 0.274 e. The Morgan fingerprint density at radius 3 is 2.58 bits per heavy atom. The summed E-state index contributed by atoms with van der Waals surface area (Å²) < 4.78 is 5.21. The standard InChI is InChI=1S/C20H20N4O2/c1-13-7-4-5-10-17(13)23-19(25)18-11-14(2)21-20(24-18)22-15-8-6-9-16(12-15)26-3/h4-12H,1-3H3,(H,23,25)(H,21,22,24). The molecular formula is C20H20N4O2. The maximum atomic E-state index is 12.6. The zero-order valence-electron chi connectivity index (χ0n) is 14.9. The summed E-state index contributed by atoms with van der Waals surface area (Å²) in [6, 6.07) is 16.7. The van der Waals surface area contributed by atoms with Crippen molar-refractivity contribution in [2.75, 3.05) is 17.7 Å². The number of para-hydroxylation sites is 1. The minimum Gasteiger partial charge on any atom is -0.497 e. The molecule has 2 aromatic carbocycles. The summed E-state index contributed by atoms with van der Waals surface area (Å²) in [5.74, 6) is 0.798. The molecule has 0 unspecified atom stereocenters. The summed E-state index contributed by atoms with van der Waals surface area (Å²) in [6.45, 7) is 3.76. The van der Waals surface area contributed by atoms with E-state index in [-0.39, 0.29) is 5.91 Å². The van der Waals surface area contributed by atoms with Crippen molar-refractivity contribution in [2.24, 2.45) is 0 Å². The van der Waals surface area contributed by atoms with Gasteiger partial charge in [-0.15, -0.1) is 0 Å². The highest BCUT2D eigenvalue weighted by molar-refractivity contribution is 6.03. The highest BCUT2D eigenvalue weighted by Crippen LogP contribution is 2.20. The highest BCUT2D eigenvalue weighted by Gasteiger charge is 2.12. The van der Waals surface area contributed by atoms with Gasteiger partial charge in [0.1, 0.15) is 11.4 Å². The van der Waals surface area contributed by atoms with Crippen LogP contribution in [0.15, 0.2) is 54.6 Å². The van der Waals surface area contributed by atoms with Crippen LogP contribution >= 0.6 is 0 Å². The Hall–Kier alpha value is -3.41. The zero-order chi connectivity index (χ0) is 18.5. The van der Waals surface area contributed by atoms with Crippen LogP contribution in [0.4, 0.5) is 17.3 Å². The predicted molar refractivity (Wildman–Crippen MR) is 102 cm³/mol. The monoisotopic (exact) mass is 348 g/mol. The number of hydrogen-bond donors (Lipinski definition) is 2. The van der Waals surface area contributed by atoms with Crippen LogP contribution in [-0.2, 0) is 0 Å². The molecule has 6 heteroatoms. The van der Waals surface area contributed by atoms with Crippen LogP contribution in [0.2, 0.25) is 0 Å². The largest absolute Gasteiger partial charge is 0.497 e. The van der Waals surface area contributed by atoms with Crippen LogP contribution in [0.3, 0.4) is 0 Å². The molecule has 6 nitrogen and oxygen atoms in total. The molecule has 0 aliphatic carbocycles. The number of nitrogens with zero attached hydrogens (tertiary/aromatic N) is 2. The molecule has 0 saturated carbocycles. The topological polar surface area (TPSA) is 76.1 Å². The molecule has 132 valence electrons. The Morgan fingerprint density at radius 1 is 1.00 bits per heavy atom. The van der Waals surface area contributed by atoms with Crippen LogP contribution in [0, 0.1) is 13.8 Å². The van der Waals surface area contributed by atoms with Gasteiger partial charge in [-0.25, -0.2) is 9.97 Å². The second kappa shape index (κ2) is 7.65. The van der Waals surface area contributed by atoms with E-state index in [0.717, 1.165) is 22.7 Å². The van der Waals surface area contributed by atoms with Gasteiger partial charge in [0.05, 0.1) is 7.11 Å². The molecule has 0 atom stereocenters.